The van der Waals surface area contributed by atoms with Crippen LogP contribution in [0.25, 0.3) is 10.8 Å². The van der Waals surface area contributed by atoms with E-state index in [2.05, 4.69) is 27.0 Å². The van der Waals surface area contributed by atoms with Crippen LogP contribution in [0.5, 0.6) is 0 Å². The smallest absolute Gasteiger partial charge is 0.133 e. The van der Waals surface area contributed by atoms with Gasteiger partial charge in [-0.3, -0.25) is 4.99 Å². The molecular weight excluding hydrogens is 308 g/mol. The van der Waals surface area contributed by atoms with Crippen molar-refractivity contribution in [3.8, 4) is 0 Å². The quantitative estimate of drug-likeness (QED) is 0.709. The third-order valence-corrected chi connectivity index (χ3v) is 4.48. The summed E-state index contributed by atoms with van der Waals surface area (Å²) in [7, 11) is 0. The van der Waals surface area contributed by atoms with Crippen molar-refractivity contribution in [2.75, 3.05) is 11.9 Å². The maximum absolute atomic E-state index is 6.30. The molecule has 0 fully saturated rings. The first-order valence-corrected chi connectivity index (χ1v) is 8.19. The molecule has 0 amide bonds. The molecule has 1 N–H and O–H groups in total. The van der Waals surface area contributed by atoms with Gasteiger partial charge in [0.05, 0.1) is 6.33 Å². The molecule has 0 saturated heterocycles. The highest BCUT2D eigenvalue weighted by Crippen LogP contribution is 2.36. The van der Waals surface area contributed by atoms with Gasteiger partial charge in [0.15, 0.2) is 0 Å². The molecule has 1 aliphatic rings. The highest BCUT2D eigenvalue weighted by molar-refractivity contribution is 6.38. The SMILES string of the molecule is Clc1ccc2c3c(cccc13)C(=NCCCCn1ccnc1)N2. The Balaban J connectivity index is 1.46. The van der Waals surface area contributed by atoms with Gasteiger partial charge in [-0.15, -0.1) is 0 Å². The minimum atomic E-state index is 0.786. The average molecular weight is 325 g/mol. The summed E-state index contributed by atoms with van der Waals surface area (Å²) in [5, 5.41) is 6.46. The number of hydrogen-bond acceptors (Lipinski definition) is 2. The number of hydrogen-bond donors (Lipinski definition) is 1. The molecule has 2 heterocycles. The first kappa shape index (κ1) is 14.3. The van der Waals surface area contributed by atoms with Crippen LogP contribution in [0.2, 0.25) is 5.02 Å². The van der Waals surface area contributed by atoms with Gasteiger partial charge in [0, 0.05) is 52.5 Å². The van der Waals surface area contributed by atoms with Crippen LogP contribution < -0.4 is 5.32 Å². The lowest BCUT2D eigenvalue weighted by molar-refractivity contribution is 0.615. The van der Waals surface area contributed by atoms with Gasteiger partial charge in [0.25, 0.3) is 0 Å². The molecule has 0 spiro atoms. The second-order valence-electron chi connectivity index (χ2n) is 5.69. The third-order valence-electron chi connectivity index (χ3n) is 4.15. The van der Waals surface area contributed by atoms with E-state index < -0.39 is 0 Å². The summed E-state index contributed by atoms with van der Waals surface area (Å²) in [6.45, 7) is 1.80. The summed E-state index contributed by atoms with van der Waals surface area (Å²) in [5.74, 6) is 0.954. The molecule has 0 saturated carbocycles. The molecular formula is C18H17ClN4. The summed E-state index contributed by atoms with van der Waals surface area (Å²) < 4.78 is 2.10. The van der Waals surface area contributed by atoms with Gasteiger partial charge >= 0.3 is 0 Å². The van der Waals surface area contributed by atoms with E-state index in [4.69, 9.17) is 16.6 Å². The van der Waals surface area contributed by atoms with Crippen molar-refractivity contribution in [1.29, 1.82) is 0 Å². The number of rotatable bonds is 5. The lowest BCUT2D eigenvalue weighted by Crippen LogP contribution is -2.08. The maximum Gasteiger partial charge on any atom is 0.133 e. The zero-order chi connectivity index (χ0) is 15.6. The zero-order valence-electron chi connectivity index (χ0n) is 12.7. The van der Waals surface area contributed by atoms with Gasteiger partial charge in [-0.05, 0) is 25.0 Å². The normalized spacial score (nSPS) is 14.6. The Morgan fingerprint density at radius 2 is 2.13 bits per heavy atom. The summed E-state index contributed by atoms with van der Waals surface area (Å²) in [6, 6.07) is 10.2. The molecule has 23 heavy (non-hydrogen) atoms. The van der Waals surface area contributed by atoms with Crippen molar-refractivity contribution in [3.63, 3.8) is 0 Å². The van der Waals surface area contributed by atoms with Crippen LogP contribution in [0.3, 0.4) is 0 Å². The lowest BCUT2D eigenvalue weighted by atomic mass is 10.1. The molecule has 1 aromatic heterocycles. The van der Waals surface area contributed by atoms with E-state index in [0.29, 0.717) is 0 Å². The van der Waals surface area contributed by atoms with Crippen LogP contribution >= 0.6 is 11.6 Å². The first-order valence-electron chi connectivity index (χ1n) is 7.82. The monoisotopic (exact) mass is 324 g/mol. The number of nitrogens with zero attached hydrogens (tertiary/aromatic N) is 3. The van der Waals surface area contributed by atoms with Crippen molar-refractivity contribution in [3.05, 3.63) is 59.6 Å². The van der Waals surface area contributed by atoms with E-state index in [9.17, 15) is 0 Å². The molecule has 0 unspecified atom stereocenters. The van der Waals surface area contributed by atoms with Gasteiger partial charge in [-0.2, -0.15) is 0 Å². The predicted octanol–water partition coefficient (Wildman–Crippen LogP) is 4.34. The zero-order valence-corrected chi connectivity index (χ0v) is 13.4. The molecule has 1 aliphatic heterocycles. The summed E-state index contributed by atoms with van der Waals surface area (Å²) in [6.07, 6.45) is 7.80. The van der Waals surface area contributed by atoms with Crippen LogP contribution in [0.15, 0.2) is 54.0 Å². The molecule has 0 atom stereocenters. The summed E-state index contributed by atoms with van der Waals surface area (Å²) in [5.41, 5.74) is 2.24. The highest BCUT2D eigenvalue weighted by atomic mass is 35.5. The molecule has 0 bridgehead atoms. The number of anilines is 1. The largest absolute Gasteiger partial charge is 0.339 e. The number of aliphatic imine (C=N–C) groups is 1. The topological polar surface area (TPSA) is 42.2 Å². The predicted molar refractivity (Wildman–Crippen MR) is 95.4 cm³/mol. The Morgan fingerprint density at radius 1 is 1.17 bits per heavy atom. The fourth-order valence-corrected chi connectivity index (χ4v) is 3.23. The molecule has 0 aliphatic carbocycles. The second kappa shape index (κ2) is 6.05. The van der Waals surface area contributed by atoms with E-state index in [1.165, 1.54) is 5.39 Å². The number of aryl methyl sites for hydroxylation is 1. The van der Waals surface area contributed by atoms with Crippen molar-refractivity contribution < 1.29 is 0 Å². The van der Waals surface area contributed by atoms with Gasteiger partial charge in [-0.25, -0.2) is 4.98 Å². The van der Waals surface area contributed by atoms with Crippen LogP contribution in [0.4, 0.5) is 5.69 Å². The van der Waals surface area contributed by atoms with Crippen LogP contribution in [0, 0.1) is 0 Å². The van der Waals surface area contributed by atoms with Crippen molar-refractivity contribution in [2.45, 2.75) is 19.4 Å². The van der Waals surface area contributed by atoms with Crippen molar-refractivity contribution in [1.82, 2.24) is 9.55 Å². The molecule has 3 aromatic rings. The minimum Gasteiger partial charge on any atom is -0.339 e. The van der Waals surface area contributed by atoms with Crippen LogP contribution in [-0.2, 0) is 6.54 Å². The van der Waals surface area contributed by atoms with Crippen LogP contribution in [0.1, 0.15) is 18.4 Å². The van der Waals surface area contributed by atoms with Gasteiger partial charge < -0.3 is 9.88 Å². The van der Waals surface area contributed by atoms with Gasteiger partial charge in [-0.1, -0.05) is 29.8 Å². The standard InChI is InChI=1S/C18H17ClN4/c19-15-6-7-16-17-13(15)4-3-5-14(17)18(22-16)21-8-1-2-10-23-11-9-20-12-23/h3-7,9,11-12H,1-2,8,10H2,(H,21,22). The minimum absolute atomic E-state index is 0.786. The van der Waals surface area contributed by atoms with E-state index in [-0.39, 0.29) is 0 Å². The first-order chi connectivity index (χ1) is 11.3. The number of aromatic nitrogens is 2. The van der Waals surface area contributed by atoms with Crippen LogP contribution in [-0.4, -0.2) is 21.9 Å². The fraction of sp³-hybridized carbons (Fsp3) is 0.222. The lowest BCUT2D eigenvalue weighted by Gasteiger charge is -2.03. The van der Waals surface area contributed by atoms with Gasteiger partial charge in [0.2, 0.25) is 0 Å². The second-order valence-corrected chi connectivity index (χ2v) is 6.09. The van der Waals surface area contributed by atoms with E-state index in [1.54, 1.807) is 0 Å². The fourth-order valence-electron chi connectivity index (χ4n) is 3.01. The van der Waals surface area contributed by atoms with Crippen molar-refractivity contribution in [2.24, 2.45) is 4.99 Å². The summed E-state index contributed by atoms with van der Waals surface area (Å²) >= 11 is 6.30. The Labute approximate surface area is 139 Å². The number of unbranched alkanes of at least 4 members (excludes halogenated alkanes) is 1. The van der Waals surface area contributed by atoms with E-state index in [0.717, 1.165) is 53.4 Å². The van der Waals surface area contributed by atoms with E-state index in [1.807, 2.05) is 36.9 Å². The molecule has 4 nitrogen and oxygen atoms in total. The Kier molecular flexibility index (Phi) is 3.75. The van der Waals surface area contributed by atoms with Crippen molar-refractivity contribution >= 4 is 33.9 Å². The average Bonchev–Trinajstić information content (AvgIpc) is 3.20. The molecule has 0 radical (unpaired) electrons. The van der Waals surface area contributed by atoms with E-state index >= 15 is 0 Å². The van der Waals surface area contributed by atoms with Gasteiger partial charge in [0.1, 0.15) is 5.84 Å². The Hall–Kier alpha value is -2.33. The summed E-state index contributed by atoms with van der Waals surface area (Å²) in [4.78, 5) is 8.80. The maximum atomic E-state index is 6.30. The number of halogens is 1. The number of nitrogens with one attached hydrogen (secondary N) is 1. The molecule has 5 heteroatoms. The third kappa shape index (κ3) is 2.70. The Morgan fingerprint density at radius 3 is 3.00 bits per heavy atom. The highest BCUT2D eigenvalue weighted by Gasteiger charge is 2.20. The number of imidazole rings is 1. The number of amidine groups is 1. The molecule has 2 aromatic carbocycles. The number of benzene rings is 2. The molecule has 4 rings (SSSR count). The Bertz CT molecular complexity index is 868. The molecule has 116 valence electrons.